The SMILES string of the molecule is CC(C)C(CNC(C)(C)C)Cc1cccs1. The van der Waals surface area contributed by atoms with Crippen molar-refractivity contribution in [2.24, 2.45) is 11.8 Å². The smallest absolute Gasteiger partial charge is 0.00966 e. The molecule has 0 amide bonds. The summed E-state index contributed by atoms with van der Waals surface area (Å²) in [7, 11) is 0. The summed E-state index contributed by atoms with van der Waals surface area (Å²) in [6.45, 7) is 12.4. The summed E-state index contributed by atoms with van der Waals surface area (Å²) >= 11 is 1.87. The molecule has 1 nitrogen and oxygen atoms in total. The first-order chi connectivity index (χ1) is 7.38. The molecular formula is C14H25NS. The van der Waals surface area contributed by atoms with E-state index in [0.29, 0.717) is 0 Å². The van der Waals surface area contributed by atoms with Crippen molar-refractivity contribution < 1.29 is 0 Å². The summed E-state index contributed by atoms with van der Waals surface area (Å²) in [6.07, 6.45) is 1.21. The lowest BCUT2D eigenvalue weighted by molar-refractivity contribution is 0.313. The van der Waals surface area contributed by atoms with E-state index in [1.807, 2.05) is 11.3 Å². The first-order valence-corrected chi connectivity index (χ1v) is 7.04. The summed E-state index contributed by atoms with van der Waals surface area (Å²) in [5, 5.41) is 5.79. The molecule has 1 N–H and O–H groups in total. The summed E-state index contributed by atoms with van der Waals surface area (Å²) in [5.74, 6) is 1.47. The second kappa shape index (κ2) is 5.83. The number of rotatable bonds is 5. The Labute approximate surface area is 104 Å². The van der Waals surface area contributed by atoms with Gasteiger partial charge in [0.2, 0.25) is 0 Å². The maximum atomic E-state index is 3.62. The Morgan fingerprint density at radius 1 is 1.31 bits per heavy atom. The van der Waals surface area contributed by atoms with Crippen molar-refractivity contribution in [3.8, 4) is 0 Å². The van der Waals surface area contributed by atoms with Crippen LogP contribution in [0.5, 0.6) is 0 Å². The fraction of sp³-hybridized carbons (Fsp3) is 0.714. The summed E-state index contributed by atoms with van der Waals surface area (Å²) in [4.78, 5) is 1.51. The van der Waals surface area contributed by atoms with E-state index >= 15 is 0 Å². The molecule has 1 aromatic heterocycles. The van der Waals surface area contributed by atoms with E-state index in [9.17, 15) is 0 Å². The molecule has 0 saturated carbocycles. The Kier molecular flexibility index (Phi) is 5.00. The molecular weight excluding hydrogens is 214 g/mol. The maximum Gasteiger partial charge on any atom is 0.00966 e. The second-order valence-corrected chi connectivity index (χ2v) is 6.95. The predicted octanol–water partition coefficient (Wildman–Crippen LogP) is 3.95. The molecule has 1 atom stereocenters. The van der Waals surface area contributed by atoms with E-state index in [0.717, 1.165) is 18.4 Å². The van der Waals surface area contributed by atoms with Gasteiger partial charge in [0.1, 0.15) is 0 Å². The highest BCUT2D eigenvalue weighted by Crippen LogP contribution is 2.20. The average Bonchev–Trinajstić information content (AvgIpc) is 2.62. The standard InChI is InChI=1S/C14H25NS/c1-11(2)12(10-15-14(3,4)5)9-13-7-6-8-16-13/h6-8,11-12,15H,9-10H2,1-5H3. The third kappa shape index (κ3) is 5.13. The Bertz CT molecular complexity index is 282. The molecule has 92 valence electrons. The van der Waals surface area contributed by atoms with Crippen LogP contribution in [0.1, 0.15) is 39.5 Å². The van der Waals surface area contributed by atoms with E-state index in [4.69, 9.17) is 0 Å². The first-order valence-electron chi connectivity index (χ1n) is 6.16. The zero-order chi connectivity index (χ0) is 12.2. The predicted molar refractivity (Wildman–Crippen MR) is 74.1 cm³/mol. The molecule has 1 unspecified atom stereocenters. The monoisotopic (exact) mass is 239 g/mol. The third-order valence-corrected chi connectivity index (χ3v) is 3.78. The van der Waals surface area contributed by atoms with E-state index in [1.165, 1.54) is 11.3 Å². The lowest BCUT2D eigenvalue weighted by Gasteiger charge is -2.27. The molecule has 0 spiro atoms. The maximum absolute atomic E-state index is 3.62. The highest BCUT2D eigenvalue weighted by molar-refractivity contribution is 7.09. The molecule has 1 rings (SSSR count). The molecule has 1 aromatic rings. The Morgan fingerprint density at radius 2 is 2.00 bits per heavy atom. The van der Waals surface area contributed by atoms with Crippen molar-refractivity contribution >= 4 is 11.3 Å². The van der Waals surface area contributed by atoms with Crippen LogP contribution < -0.4 is 5.32 Å². The molecule has 0 aliphatic heterocycles. The van der Waals surface area contributed by atoms with Gasteiger partial charge in [-0.1, -0.05) is 19.9 Å². The van der Waals surface area contributed by atoms with E-state index in [1.54, 1.807) is 0 Å². The van der Waals surface area contributed by atoms with Crippen molar-refractivity contribution in [2.75, 3.05) is 6.54 Å². The fourth-order valence-electron chi connectivity index (χ4n) is 1.67. The average molecular weight is 239 g/mol. The molecule has 2 heteroatoms. The van der Waals surface area contributed by atoms with Crippen molar-refractivity contribution in [2.45, 2.75) is 46.6 Å². The van der Waals surface area contributed by atoms with Crippen LogP contribution in [-0.4, -0.2) is 12.1 Å². The van der Waals surface area contributed by atoms with Crippen molar-refractivity contribution in [3.63, 3.8) is 0 Å². The Morgan fingerprint density at radius 3 is 2.44 bits per heavy atom. The topological polar surface area (TPSA) is 12.0 Å². The van der Waals surface area contributed by atoms with Gasteiger partial charge in [0.25, 0.3) is 0 Å². The zero-order valence-electron chi connectivity index (χ0n) is 11.2. The minimum absolute atomic E-state index is 0.225. The van der Waals surface area contributed by atoms with Crippen molar-refractivity contribution in [3.05, 3.63) is 22.4 Å². The quantitative estimate of drug-likeness (QED) is 0.820. The number of hydrogen-bond acceptors (Lipinski definition) is 2. The molecule has 0 aliphatic carbocycles. The van der Waals surface area contributed by atoms with Gasteiger partial charge in [0.05, 0.1) is 0 Å². The van der Waals surface area contributed by atoms with Crippen molar-refractivity contribution in [1.29, 1.82) is 0 Å². The van der Waals surface area contributed by atoms with Crippen LogP contribution in [-0.2, 0) is 6.42 Å². The largest absolute Gasteiger partial charge is 0.312 e. The van der Waals surface area contributed by atoms with Gasteiger partial charge >= 0.3 is 0 Å². The van der Waals surface area contributed by atoms with Crippen LogP contribution in [0.2, 0.25) is 0 Å². The minimum Gasteiger partial charge on any atom is -0.312 e. The number of hydrogen-bond donors (Lipinski definition) is 1. The zero-order valence-corrected chi connectivity index (χ0v) is 12.0. The lowest BCUT2D eigenvalue weighted by atomic mass is 9.91. The summed E-state index contributed by atoms with van der Waals surface area (Å²) in [5.41, 5.74) is 0.225. The molecule has 0 bridgehead atoms. The number of nitrogens with one attached hydrogen (secondary N) is 1. The fourth-order valence-corrected chi connectivity index (χ4v) is 2.47. The Hall–Kier alpha value is -0.340. The summed E-state index contributed by atoms with van der Waals surface area (Å²) in [6, 6.07) is 4.39. The molecule has 0 radical (unpaired) electrons. The van der Waals surface area contributed by atoms with Crippen LogP contribution in [0.15, 0.2) is 17.5 Å². The molecule has 16 heavy (non-hydrogen) atoms. The van der Waals surface area contributed by atoms with Crippen LogP contribution >= 0.6 is 11.3 Å². The van der Waals surface area contributed by atoms with E-state index in [2.05, 4.69) is 57.4 Å². The van der Waals surface area contributed by atoms with Crippen LogP contribution in [0, 0.1) is 11.8 Å². The normalized spacial score (nSPS) is 14.4. The first kappa shape index (κ1) is 13.7. The Balaban J connectivity index is 2.48. The molecule has 1 heterocycles. The van der Waals surface area contributed by atoms with E-state index < -0.39 is 0 Å². The minimum atomic E-state index is 0.225. The van der Waals surface area contributed by atoms with Gasteiger partial charge in [0.15, 0.2) is 0 Å². The lowest BCUT2D eigenvalue weighted by Crippen LogP contribution is -2.40. The van der Waals surface area contributed by atoms with Gasteiger partial charge < -0.3 is 5.32 Å². The van der Waals surface area contributed by atoms with Crippen molar-refractivity contribution in [1.82, 2.24) is 5.32 Å². The second-order valence-electron chi connectivity index (χ2n) is 5.92. The summed E-state index contributed by atoms with van der Waals surface area (Å²) < 4.78 is 0. The molecule has 0 aliphatic rings. The van der Waals surface area contributed by atoms with Gasteiger partial charge in [-0.2, -0.15) is 0 Å². The van der Waals surface area contributed by atoms with Gasteiger partial charge in [-0.25, -0.2) is 0 Å². The van der Waals surface area contributed by atoms with E-state index in [-0.39, 0.29) is 5.54 Å². The number of thiophene rings is 1. The van der Waals surface area contributed by atoms with Gasteiger partial charge in [-0.3, -0.25) is 0 Å². The molecule has 0 aromatic carbocycles. The third-order valence-electron chi connectivity index (χ3n) is 2.88. The molecule has 0 fully saturated rings. The van der Waals surface area contributed by atoms with Crippen LogP contribution in [0.4, 0.5) is 0 Å². The highest BCUT2D eigenvalue weighted by atomic mass is 32.1. The van der Waals surface area contributed by atoms with Crippen LogP contribution in [0.3, 0.4) is 0 Å². The van der Waals surface area contributed by atoms with Gasteiger partial charge in [-0.05, 0) is 57.0 Å². The van der Waals surface area contributed by atoms with Crippen LogP contribution in [0.25, 0.3) is 0 Å². The van der Waals surface area contributed by atoms with Gasteiger partial charge in [-0.15, -0.1) is 11.3 Å². The molecule has 0 saturated heterocycles. The van der Waals surface area contributed by atoms with Gasteiger partial charge in [0, 0.05) is 10.4 Å². The highest BCUT2D eigenvalue weighted by Gasteiger charge is 2.17.